The Morgan fingerprint density at radius 2 is 1.74 bits per heavy atom. The smallest absolute Gasteiger partial charge is 0.162 e. The zero-order chi connectivity index (χ0) is 18.7. The van der Waals surface area contributed by atoms with E-state index >= 15 is 0 Å². The van der Waals surface area contributed by atoms with Crippen molar-refractivity contribution in [3.8, 4) is 0 Å². The molecule has 4 rings (SSSR count). The molecular weight excluding hydrogens is 330 g/mol. The summed E-state index contributed by atoms with van der Waals surface area (Å²) >= 11 is 0. The SMILES string of the molecule is C=C1c2ccccc2CC12CCC(NCCCC(=O)c1ccccc1)CC2. The van der Waals surface area contributed by atoms with Crippen molar-refractivity contribution in [2.45, 2.75) is 51.0 Å². The lowest BCUT2D eigenvalue weighted by atomic mass is 9.68. The van der Waals surface area contributed by atoms with E-state index in [1.807, 2.05) is 30.3 Å². The number of rotatable bonds is 6. The van der Waals surface area contributed by atoms with E-state index in [4.69, 9.17) is 0 Å². The zero-order valence-corrected chi connectivity index (χ0v) is 16.0. The van der Waals surface area contributed by atoms with E-state index in [9.17, 15) is 4.79 Å². The van der Waals surface area contributed by atoms with Crippen LogP contribution in [0.4, 0.5) is 0 Å². The molecule has 1 saturated carbocycles. The van der Waals surface area contributed by atoms with Gasteiger partial charge in [0.2, 0.25) is 0 Å². The Balaban J connectivity index is 1.22. The van der Waals surface area contributed by atoms with Crippen molar-refractivity contribution in [3.63, 3.8) is 0 Å². The fourth-order valence-corrected chi connectivity index (χ4v) is 4.90. The van der Waals surface area contributed by atoms with E-state index < -0.39 is 0 Å². The molecule has 2 nitrogen and oxygen atoms in total. The van der Waals surface area contributed by atoms with Gasteiger partial charge in [-0.15, -0.1) is 0 Å². The summed E-state index contributed by atoms with van der Waals surface area (Å²) in [5.41, 5.74) is 5.36. The lowest BCUT2D eigenvalue weighted by Gasteiger charge is -2.38. The number of carbonyl (C=O) groups is 1. The van der Waals surface area contributed by atoms with Gasteiger partial charge in [0.1, 0.15) is 0 Å². The Labute approximate surface area is 162 Å². The van der Waals surface area contributed by atoms with Gasteiger partial charge < -0.3 is 5.32 Å². The molecule has 2 aliphatic carbocycles. The molecule has 0 amide bonds. The number of hydrogen-bond donors (Lipinski definition) is 1. The first-order valence-corrected chi connectivity index (χ1v) is 10.3. The molecule has 0 atom stereocenters. The average Bonchev–Trinajstić information content (AvgIpc) is 2.99. The topological polar surface area (TPSA) is 29.1 Å². The highest BCUT2D eigenvalue weighted by Crippen LogP contribution is 2.53. The first kappa shape index (κ1) is 18.2. The van der Waals surface area contributed by atoms with Crippen LogP contribution in [0.15, 0.2) is 61.2 Å². The first-order chi connectivity index (χ1) is 13.2. The molecule has 27 heavy (non-hydrogen) atoms. The molecule has 1 spiro atoms. The van der Waals surface area contributed by atoms with Gasteiger partial charge in [0, 0.05) is 18.0 Å². The van der Waals surface area contributed by atoms with E-state index in [0.29, 0.717) is 17.9 Å². The Morgan fingerprint density at radius 3 is 2.48 bits per heavy atom. The summed E-state index contributed by atoms with van der Waals surface area (Å²) in [7, 11) is 0. The second-order valence-electron chi connectivity index (χ2n) is 8.21. The molecule has 2 aliphatic rings. The Morgan fingerprint density at radius 1 is 1.04 bits per heavy atom. The van der Waals surface area contributed by atoms with E-state index in [1.54, 1.807) is 0 Å². The number of nitrogens with one attached hydrogen (secondary N) is 1. The van der Waals surface area contributed by atoms with Gasteiger partial charge in [0.15, 0.2) is 5.78 Å². The summed E-state index contributed by atoms with van der Waals surface area (Å²) in [6.07, 6.45) is 7.56. The quantitative estimate of drug-likeness (QED) is 0.550. The van der Waals surface area contributed by atoms with Gasteiger partial charge in [0.05, 0.1) is 0 Å². The van der Waals surface area contributed by atoms with Crippen LogP contribution < -0.4 is 5.32 Å². The summed E-state index contributed by atoms with van der Waals surface area (Å²) in [4.78, 5) is 12.2. The monoisotopic (exact) mass is 359 g/mol. The third kappa shape index (κ3) is 3.77. The standard InChI is InChI=1S/C25H29NO/c1-19-23-11-6-5-10-21(23)18-25(19)15-13-22(14-16-25)26-17-7-12-24(27)20-8-3-2-4-9-20/h2-6,8-11,22,26H,1,7,12-18H2. The molecule has 2 aromatic rings. The van der Waals surface area contributed by atoms with Crippen LogP contribution in [0.1, 0.15) is 60.0 Å². The molecule has 2 aromatic carbocycles. The van der Waals surface area contributed by atoms with Crippen molar-refractivity contribution in [1.29, 1.82) is 0 Å². The van der Waals surface area contributed by atoms with Crippen LogP contribution in [0.25, 0.3) is 5.57 Å². The largest absolute Gasteiger partial charge is 0.314 e. The molecule has 0 aromatic heterocycles. The molecule has 1 fully saturated rings. The molecule has 0 radical (unpaired) electrons. The van der Waals surface area contributed by atoms with Gasteiger partial charge in [-0.05, 0) is 67.2 Å². The molecule has 0 bridgehead atoms. The van der Waals surface area contributed by atoms with Gasteiger partial charge in [-0.25, -0.2) is 0 Å². The van der Waals surface area contributed by atoms with Crippen molar-refractivity contribution in [3.05, 3.63) is 77.9 Å². The zero-order valence-electron chi connectivity index (χ0n) is 16.0. The third-order valence-corrected chi connectivity index (χ3v) is 6.56. The van der Waals surface area contributed by atoms with E-state index in [-0.39, 0.29) is 5.78 Å². The van der Waals surface area contributed by atoms with Crippen LogP contribution >= 0.6 is 0 Å². The first-order valence-electron chi connectivity index (χ1n) is 10.3. The van der Waals surface area contributed by atoms with Crippen molar-refractivity contribution >= 4 is 11.4 Å². The summed E-state index contributed by atoms with van der Waals surface area (Å²) in [5, 5.41) is 3.69. The molecule has 140 valence electrons. The second kappa shape index (κ2) is 7.82. The molecular formula is C25H29NO. The highest BCUT2D eigenvalue weighted by molar-refractivity contribution is 5.95. The van der Waals surface area contributed by atoms with Crippen LogP contribution in [0.2, 0.25) is 0 Å². The maximum absolute atomic E-state index is 12.2. The van der Waals surface area contributed by atoms with Crippen LogP contribution in [0, 0.1) is 5.41 Å². The van der Waals surface area contributed by atoms with Crippen molar-refractivity contribution in [2.75, 3.05) is 6.54 Å². The van der Waals surface area contributed by atoms with Crippen LogP contribution in [-0.4, -0.2) is 18.4 Å². The number of benzene rings is 2. The summed E-state index contributed by atoms with van der Waals surface area (Å²) < 4.78 is 0. The van der Waals surface area contributed by atoms with Gasteiger partial charge >= 0.3 is 0 Å². The van der Waals surface area contributed by atoms with Gasteiger partial charge in [-0.3, -0.25) is 4.79 Å². The van der Waals surface area contributed by atoms with Crippen molar-refractivity contribution in [2.24, 2.45) is 5.41 Å². The number of Topliss-reactive ketones (excluding diaryl/α,β-unsaturated/α-hetero) is 1. The maximum Gasteiger partial charge on any atom is 0.162 e. The molecule has 0 unspecified atom stereocenters. The fraction of sp³-hybridized carbons (Fsp3) is 0.400. The van der Waals surface area contributed by atoms with E-state index in [1.165, 1.54) is 48.8 Å². The number of allylic oxidation sites excluding steroid dienone is 1. The molecule has 0 aliphatic heterocycles. The minimum absolute atomic E-state index is 0.250. The van der Waals surface area contributed by atoms with Gasteiger partial charge in [-0.2, -0.15) is 0 Å². The lowest BCUT2D eigenvalue weighted by Crippen LogP contribution is -2.38. The van der Waals surface area contributed by atoms with E-state index in [0.717, 1.165) is 18.5 Å². The number of hydrogen-bond acceptors (Lipinski definition) is 2. The van der Waals surface area contributed by atoms with Crippen molar-refractivity contribution in [1.82, 2.24) is 5.32 Å². The summed E-state index contributed by atoms with van der Waals surface area (Å²) in [6.45, 7) is 5.39. The minimum atomic E-state index is 0.250. The highest BCUT2D eigenvalue weighted by atomic mass is 16.1. The number of fused-ring (bicyclic) bond motifs is 1. The van der Waals surface area contributed by atoms with Gasteiger partial charge in [-0.1, -0.05) is 61.2 Å². The Hall–Kier alpha value is -2.19. The molecule has 0 heterocycles. The fourth-order valence-electron chi connectivity index (χ4n) is 4.90. The van der Waals surface area contributed by atoms with E-state index in [2.05, 4.69) is 36.2 Å². The number of carbonyl (C=O) groups excluding carboxylic acids is 1. The van der Waals surface area contributed by atoms with Crippen LogP contribution in [0.5, 0.6) is 0 Å². The predicted molar refractivity (Wildman–Crippen MR) is 112 cm³/mol. The van der Waals surface area contributed by atoms with Crippen LogP contribution in [0.3, 0.4) is 0 Å². The Kier molecular flexibility index (Phi) is 5.27. The second-order valence-corrected chi connectivity index (χ2v) is 8.21. The predicted octanol–water partition coefficient (Wildman–Crippen LogP) is 5.44. The third-order valence-electron chi connectivity index (χ3n) is 6.56. The lowest BCUT2D eigenvalue weighted by molar-refractivity contribution is 0.0979. The molecule has 0 saturated heterocycles. The molecule has 1 N–H and O–H groups in total. The molecule has 2 heteroatoms. The van der Waals surface area contributed by atoms with Crippen LogP contribution in [-0.2, 0) is 6.42 Å². The highest BCUT2D eigenvalue weighted by Gasteiger charge is 2.42. The van der Waals surface area contributed by atoms with Crippen molar-refractivity contribution < 1.29 is 4.79 Å². The summed E-state index contributed by atoms with van der Waals surface area (Å²) in [5.74, 6) is 0.250. The maximum atomic E-state index is 12.2. The Bertz CT molecular complexity index is 815. The average molecular weight is 360 g/mol. The minimum Gasteiger partial charge on any atom is -0.314 e. The van der Waals surface area contributed by atoms with Gasteiger partial charge in [0.25, 0.3) is 0 Å². The summed E-state index contributed by atoms with van der Waals surface area (Å²) in [6, 6.07) is 19.0. The number of ketones is 1. The normalized spacial score (nSPS) is 24.1.